The second kappa shape index (κ2) is 5.84. The van der Waals surface area contributed by atoms with Crippen molar-refractivity contribution < 1.29 is 9.53 Å². The summed E-state index contributed by atoms with van der Waals surface area (Å²) in [5, 5.41) is 2.02. The van der Waals surface area contributed by atoms with E-state index in [0.29, 0.717) is 18.5 Å². The van der Waals surface area contributed by atoms with Crippen molar-refractivity contribution in [2.24, 2.45) is 0 Å². The third kappa shape index (κ3) is 2.75. The minimum Gasteiger partial charge on any atom is -0.373 e. The van der Waals surface area contributed by atoms with Crippen LogP contribution in [0.5, 0.6) is 0 Å². The van der Waals surface area contributed by atoms with Crippen molar-refractivity contribution in [2.75, 3.05) is 26.2 Å². The number of thiophene rings is 1. The molecule has 0 unspecified atom stereocenters. The molecule has 3 heterocycles. The number of fused-ring (bicyclic) bond motifs is 1. The molecule has 5 heteroatoms. The summed E-state index contributed by atoms with van der Waals surface area (Å²) in [5.74, 6) is 0.231. The molecular weight excluding hydrogens is 272 g/mol. The van der Waals surface area contributed by atoms with Crippen LogP contribution in [0.4, 0.5) is 0 Å². The summed E-state index contributed by atoms with van der Waals surface area (Å²) in [4.78, 5) is 18.0. The predicted octanol–water partition coefficient (Wildman–Crippen LogP) is 1.61. The van der Waals surface area contributed by atoms with Gasteiger partial charge in [0.2, 0.25) is 5.91 Å². The molecule has 20 heavy (non-hydrogen) atoms. The summed E-state index contributed by atoms with van der Waals surface area (Å²) in [6.45, 7) is 7.76. The van der Waals surface area contributed by atoms with E-state index in [2.05, 4.69) is 18.7 Å². The monoisotopic (exact) mass is 294 g/mol. The van der Waals surface area contributed by atoms with Gasteiger partial charge in [0.05, 0.1) is 25.2 Å². The number of likely N-dealkylation sites (tertiary alicyclic amines) is 1. The van der Waals surface area contributed by atoms with Gasteiger partial charge in [-0.2, -0.15) is 0 Å². The van der Waals surface area contributed by atoms with Crippen molar-refractivity contribution in [3.8, 4) is 0 Å². The molecule has 0 saturated carbocycles. The third-order valence-electron chi connectivity index (χ3n) is 4.27. The highest BCUT2D eigenvalue weighted by Gasteiger charge is 2.42. The lowest BCUT2D eigenvalue weighted by atomic mass is 10.1. The first-order chi connectivity index (χ1) is 9.65. The molecule has 2 fully saturated rings. The zero-order valence-corrected chi connectivity index (χ0v) is 12.9. The molecule has 0 aliphatic carbocycles. The maximum Gasteiger partial charge on any atom is 0.227 e. The fourth-order valence-electron chi connectivity index (χ4n) is 3.23. The smallest absolute Gasteiger partial charge is 0.227 e. The molecule has 0 spiro atoms. The molecule has 2 aliphatic heterocycles. The summed E-state index contributed by atoms with van der Waals surface area (Å²) in [6, 6.07) is 4.92. The fourth-order valence-corrected chi connectivity index (χ4v) is 3.93. The first-order valence-corrected chi connectivity index (χ1v) is 8.20. The fraction of sp³-hybridized carbons (Fsp3) is 0.667. The zero-order chi connectivity index (χ0) is 14.1. The van der Waals surface area contributed by atoms with E-state index in [1.807, 2.05) is 22.4 Å². The van der Waals surface area contributed by atoms with E-state index in [9.17, 15) is 4.79 Å². The lowest BCUT2D eigenvalue weighted by Crippen LogP contribution is -2.53. The summed E-state index contributed by atoms with van der Waals surface area (Å²) in [6.07, 6.45) is 0.720. The van der Waals surface area contributed by atoms with Gasteiger partial charge < -0.3 is 9.64 Å². The second-order valence-electron chi connectivity index (χ2n) is 5.86. The lowest BCUT2D eigenvalue weighted by molar-refractivity contribution is -0.129. The Bertz CT molecular complexity index is 460. The Kier molecular flexibility index (Phi) is 4.10. The van der Waals surface area contributed by atoms with Gasteiger partial charge in [0.25, 0.3) is 0 Å². The number of carbonyl (C=O) groups is 1. The van der Waals surface area contributed by atoms with Crippen LogP contribution >= 0.6 is 11.3 Å². The topological polar surface area (TPSA) is 32.8 Å². The van der Waals surface area contributed by atoms with Gasteiger partial charge in [0.1, 0.15) is 0 Å². The molecule has 2 saturated heterocycles. The van der Waals surface area contributed by atoms with Crippen LogP contribution in [0.15, 0.2) is 17.5 Å². The van der Waals surface area contributed by atoms with E-state index in [0.717, 1.165) is 31.1 Å². The molecule has 0 bridgehead atoms. The lowest BCUT2D eigenvalue weighted by Gasteiger charge is -2.39. The Morgan fingerprint density at radius 1 is 1.50 bits per heavy atom. The van der Waals surface area contributed by atoms with Crippen LogP contribution in [0.3, 0.4) is 0 Å². The largest absolute Gasteiger partial charge is 0.373 e. The first kappa shape index (κ1) is 14.0. The maximum absolute atomic E-state index is 12.4. The number of ether oxygens (including phenoxy) is 1. The molecular formula is C15H22N2O2S. The van der Waals surface area contributed by atoms with Crippen LogP contribution in [0.2, 0.25) is 0 Å². The molecule has 0 aromatic carbocycles. The van der Waals surface area contributed by atoms with E-state index in [1.54, 1.807) is 11.3 Å². The van der Waals surface area contributed by atoms with Gasteiger partial charge >= 0.3 is 0 Å². The van der Waals surface area contributed by atoms with Gasteiger partial charge in [0, 0.05) is 30.6 Å². The van der Waals surface area contributed by atoms with Crippen LogP contribution in [0, 0.1) is 0 Å². The average molecular weight is 294 g/mol. The van der Waals surface area contributed by atoms with Crippen molar-refractivity contribution in [1.82, 2.24) is 9.80 Å². The van der Waals surface area contributed by atoms with Gasteiger partial charge in [-0.25, -0.2) is 0 Å². The Hall–Kier alpha value is -0.910. The highest BCUT2D eigenvalue weighted by atomic mass is 32.1. The van der Waals surface area contributed by atoms with Crippen molar-refractivity contribution in [1.29, 1.82) is 0 Å². The first-order valence-electron chi connectivity index (χ1n) is 7.32. The second-order valence-corrected chi connectivity index (χ2v) is 6.90. The summed E-state index contributed by atoms with van der Waals surface area (Å²) < 4.78 is 5.86. The van der Waals surface area contributed by atoms with E-state index >= 15 is 0 Å². The number of hydrogen-bond acceptors (Lipinski definition) is 4. The summed E-state index contributed by atoms with van der Waals surface area (Å²) >= 11 is 1.65. The molecule has 0 N–H and O–H groups in total. The molecule has 2 atom stereocenters. The third-order valence-corrected chi connectivity index (χ3v) is 5.14. The number of morpholine rings is 1. The van der Waals surface area contributed by atoms with Crippen molar-refractivity contribution in [3.63, 3.8) is 0 Å². The predicted molar refractivity (Wildman–Crippen MR) is 80.0 cm³/mol. The molecule has 0 radical (unpaired) electrons. The molecule has 1 aromatic rings. The van der Waals surface area contributed by atoms with E-state index in [-0.39, 0.29) is 12.0 Å². The Morgan fingerprint density at radius 3 is 3.05 bits per heavy atom. The summed E-state index contributed by atoms with van der Waals surface area (Å²) in [7, 11) is 0. The quantitative estimate of drug-likeness (QED) is 0.849. The summed E-state index contributed by atoms with van der Waals surface area (Å²) in [5.41, 5.74) is 0. The van der Waals surface area contributed by atoms with Crippen LogP contribution < -0.4 is 0 Å². The normalized spacial score (nSPS) is 27.1. The van der Waals surface area contributed by atoms with Crippen LogP contribution in [0.25, 0.3) is 0 Å². The average Bonchev–Trinajstić information content (AvgIpc) is 3.05. The molecule has 3 rings (SSSR count). The molecule has 1 aromatic heterocycles. The van der Waals surface area contributed by atoms with Crippen molar-refractivity contribution in [2.45, 2.75) is 38.5 Å². The minimum atomic E-state index is 0.193. The van der Waals surface area contributed by atoms with Crippen molar-refractivity contribution >= 4 is 17.2 Å². The van der Waals surface area contributed by atoms with Gasteiger partial charge in [-0.3, -0.25) is 9.69 Å². The van der Waals surface area contributed by atoms with Crippen molar-refractivity contribution in [3.05, 3.63) is 22.4 Å². The molecule has 4 nitrogen and oxygen atoms in total. The van der Waals surface area contributed by atoms with Crippen LogP contribution in [-0.4, -0.2) is 60.1 Å². The molecule has 110 valence electrons. The number of hydrogen-bond donors (Lipinski definition) is 0. The Balaban J connectivity index is 1.64. The van der Waals surface area contributed by atoms with Crippen LogP contribution in [0.1, 0.15) is 18.7 Å². The maximum atomic E-state index is 12.4. The Morgan fingerprint density at radius 2 is 2.35 bits per heavy atom. The number of nitrogens with zero attached hydrogens (tertiary/aromatic N) is 2. The molecule has 2 aliphatic rings. The van der Waals surface area contributed by atoms with Gasteiger partial charge in [0.15, 0.2) is 0 Å². The van der Waals surface area contributed by atoms with E-state index in [4.69, 9.17) is 4.74 Å². The van der Waals surface area contributed by atoms with Gasteiger partial charge in [-0.15, -0.1) is 11.3 Å². The number of carbonyl (C=O) groups excluding carboxylic acids is 1. The zero-order valence-electron chi connectivity index (χ0n) is 12.1. The SMILES string of the molecule is CC(C)N1CCO[C@@H]2CN(C(=O)Cc3cccs3)C[C@@H]21. The van der Waals surface area contributed by atoms with Crippen LogP contribution in [-0.2, 0) is 16.0 Å². The number of amides is 1. The van der Waals surface area contributed by atoms with Gasteiger partial charge in [-0.05, 0) is 25.3 Å². The Labute approximate surface area is 124 Å². The minimum absolute atomic E-state index is 0.193. The van der Waals surface area contributed by atoms with Gasteiger partial charge in [-0.1, -0.05) is 6.07 Å². The number of rotatable bonds is 3. The standard InChI is InChI=1S/C15H22N2O2S/c1-11(2)17-5-6-19-14-10-16(9-13(14)17)15(18)8-12-4-3-7-20-12/h3-4,7,11,13-14H,5-6,8-10H2,1-2H3/t13-,14+/m0/s1. The van der Waals surface area contributed by atoms with E-state index in [1.165, 1.54) is 0 Å². The highest BCUT2D eigenvalue weighted by molar-refractivity contribution is 7.10. The highest BCUT2D eigenvalue weighted by Crippen LogP contribution is 2.25. The molecule has 1 amide bonds. The van der Waals surface area contributed by atoms with E-state index < -0.39 is 0 Å².